The Hall–Kier alpha value is -1.63. The molecule has 1 aliphatic rings. The first-order chi connectivity index (χ1) is 9.53. The molecule has 2 rings (SSSR count). The average molecular weight is 282 g/mol. The summed E-state index contributed by atoms with van der Waals surface area (Å²) >= 11 is 0. The monoisotopic (exact) mass is 282 g/mol. The highest BCUT2D eigenvalue weighted by Crippen LogP contribution is 2.48. The van der Waals surface area contributed by atoms with E-state index in [0.717, 1.165) is 25.7 Å². The molecular weight excluding hydrogens is 260 g/mol. The van der Waals surface area contributed by atoms with Crippen LogP contribution in [-0.4, -0.2) is 33.0 Å². The minimum atomic E-state index is -0.355. The maximum absolute atomic E-state index is 11.3. The second-order valence-electron chi connectivity index (χ2n) is 5.60. The van der Waals surface area contributed by atoms with Gasteiger partial charge in [0, 0.05) is 20.2 Å². The first-order valence-electron chi connectivity index (χ1n) is 7.08. The molecule has 0 unspecified atom stereocenters. The summed E-state index contributed by atoms with van der Waals surface area (Å²) in [7, 11) is 1.72. The molecule has 1 saturated carbocycles. The molecule has 0 atom stereocenters. The molecule has 112 valence electrons. The van der Waals surface area contributed by atoms with E-state index >= 15 is 0 Å². The summed E-state index contributed by atoms with van der Waals surface area (Å²) in [5.74, 6) is 0.475. The molecule has 0 amide bonds. The van der Waals surface area contributed by atoms with Gasteiger partial charge >= 0.3 is 5.69 Å². The Morgan fingerprint density at radius 1 is 1.55 bits per heavy atom. The van der Waals surface area contributed by atoms with Crippen molar-refractivity contribution in [1.82, 2.24) is 9.78 Å². The lowest BCUT2D eigenvalue weighted by atomic mass is 10.0. The molecule has 20 heavy (non-hydrogen) atoms. The van der Waals surface area contributed by atoms with Gasteiger partial charge in [0.15, 0.2) is 0 Å². The molecule has 2 N–H and O–H groups in total. The van der Waals surface area contributed by atoms with Crippen molar-refractivity contribution in [2.45, 2.75) is 39.0 Å². The Bertz CT molecular complexity index is 494. The first-order valence-corrected chi connectivity index (χ1v) is 7.08. The fourth-order valence-corrected chi connectivity index (χ4v) is 2.56. The van der Waals surface area contributed by atoms with E-state index in [1.807, 2.05) is 6.92 Å². The molecular formula is C13H22N4O3. The third kappa shape index (κ3) is 2.92. The van der Waals surface area contributed by atoms with E-state index in [9.17, 15) is 10.1 Å². The topological polar surface area (TPSA) is 93.2 Å². The Kier molecular flexibility index (Phi) is 4.27. The molecule has 7 heteroatoms. The predicted octanol–water partition coefficient (Wildman–Crippen LogP) is 1.86. The summed E-state index contributed by atoms with van der Waals surface area (Å²) in [5.41, 5.74) is 0.737. The zero-order valence-electron chi connectivity index (χ0n) is 12.1. The van der Waals surface area contributed by atoms with Crippen LogP contribution in [0.2, 0.25) is 0 Å². The van der Waals surface area contributed by atoms with Gasteiger partial charge in [0.1, 0.15) is 5.69 Å². The van der Waals surface area contributed by atoms with Crippen molar-refractivity contribution in [3.8, 4) is 0 Å². The van der Waals surface area contributed by atoms with Gasteiger partial charge in [-0.1, -0.05) is 13.3 Å². The number of anilines is 1. The fraction of sp³-hybridized carbons (Fsp3) is 0.769. The Morgan fingerprint density at radius 3 is 2.75 bits per heavy atom. The molecule has 0 aromatic carbocycles. The summed E-state index contributed by atoms with van der Waals surface area (Å²) in [5, 5.41) is 27.8. The molecule has 1 heterocycles. The molecule has 0 bridgehead atoms. The lowest BCUT2D eigenvalue weighted by Crippen LogP contribution is -2.18. The predicted molar refractivity (Wildman–Crippen MR) is 75.7 cm³/mol. The van der Waals surface area contributed by atoms with Gasteiger partial charge in [0.2, 0.25) is 5.82 Å². The van der Waals surface area contributed by atoms with Gasteiger partial charge in [0.05, 0.1) is 4.92 Å². The van der Waals surface area contributed by atoms with Crippen LogP contribution in [0.1, 0.15) is 38.3 Å². The molecule has 1 aliphatic carbocycles. The van der Waals surface area contributed by atoms with E-state index < -0.39 is 0 Å². The van der Waals surface area contributed by atoms with Crippen LogP contribution in [0.4, 0.5) is 11.5 Å². The number of nitro groups is 1. The van der Waals surface area contributed by atoms with Crippen LogP contribution in [0.25, 0.3) is 0 Å². The van der Waals surface area contributed by atoms with Crippen LogP contribution in [-0.2, 0) is 13.5 Å². The smallest absolute Gasteiger partial charge is 0.333 e. The van der Waals surface area contributed by atoms with Gasteiger partial charge in [-0.25, -0.2) is 4.68 Å². The number of nitrogens with zero attached hydrogens (tertiary/aromatic N) is 3. The standard InChI is InChI=1S/C13H22N4O3/c1-3-4-10-11(17(19)20)12(16(2)15-10)14-9-13(5-6-13)7-8-18/h14,18H,3-9H2,1-2H3. The van der Waals surface area contributed by atoms with E-state index in [2.05, 4.69) is 10.4 Å². The quantitative estimate of drug-likeness (QED) is 0.560. The average Bonchev–Trinajstić information content (AvgIpc) is 3.06. The van der Waals surface area contributed by atoms with Crippen LogP contribution in [0.3, 0.4) is 0 Å². The zero-order valence-corrected chi connectivity index (χ0v) is 12.1. The third-order valence-electron chi connectivity index (χ3n) is 3.99. The highest BCUT2D eigenvalue weighted by Gasteiger charge is 2.42. The van der Waals surface area contributed by atoms with E-state index in [4.69, 9.17) is 5.11 Å². The summed E-state index contributed by atoms with van der Waals surface area (Å²) in [6.07, 6.45) is 4.30. The SMILES string of the molecule is CCCc1nn(C)c(NCC2(CCO)CC2)c1[N+](=O)[O-]. The van der Waals surface area contributed by atoms with Crippen LogP contribution >= 0.6 is 0 Å². The molecule has 1 aromatic heterocycles. The van der Waals surface area contributed by atoms with Crippen molar-refractivity contribution < 1.29 is 10.0 Å². The van der Waals surface area contributed by atoms with E-state index in [1.54, 1.807) is 11.7 Å². The van der Waals surface area contributed by atoms with Crippen molar-refractivity contribution >= 4 is 11.5 Å². The minimum Gasteiger partial charge on any atom is -0.396 e. The number of nitrogens with one attached hydrogen (secondary N) is 1. The number of aryl methyl sites for hydroxylation is 2. The second kappa shape index (κ2) is 5.78. The largest absolute Gasteiger partial charge is 0.396 e. The fourth-order valence-electron chi connectivity index (χ4n) is 2.56. The number of aliphatic hydroxyl groups is 1. The summed E-state index contributed by atoms with van der Waals surface area (Å²) < 4.78 is 1.55. The van der Waals surface area contributed by atoms with E-state index in [0.29, 0.717) is 24.5 Å². The minimum absolute atomic E-state index is 0.0918. The van der Waals surface area contributed by atoms with Crippen molar-refractivity contribution in [3.05, 3.63) is 15.8 Å². The molecule has 0 spiro atoms. The molecule has 7 nitrogen and oxygen atoms in total. The Balaban J connectivity index is 2.16. The van der Waals surface area contributed by atoms with Crippen LogP contribution in [0.5, 0.6) is 0 Å². The number of rotatable bonds is 8. The normalized spacial score (nSPS) is 16.1. The molecule has 1 aromatic rings. The second-order valence-corrected chi connectivity index (χ2v) is 5.60. The van der Waals surface area contributed by atoms with Crippen molar-refractivity contribution in [2.24, 2.45) is 12.5 Å². The zero-order chi connectivity index (χ0) is 14.8. The van der Waals surface area contributed by atoms with E-state index in [1.165, 1.54) is 0 Å². The third-order valence-corrected chi connectivity index (χ3v) is 3.99. The maximum Gasteiger partial charge on any atom is 0.333 e. The number of hydrogen-bond acceptors (Lipinski definition) is 5. The van der Waals surface area contributed by atoms with Crippen LogP contribution in [0, 0.1) is 15.5 Å². The van der Waals surface area contributed by atoms with Gasteiger partial charge in [0.25, 0.3) is 0 Å². The summed E-state index contributed by atoms with van der Waals surface area (Å²) in [6.45, 7) is 2.79. The van der Waals surface area contributed by atoms with Crippen LogP contribution in [0.15, 0.2) is 0 Å². The van der Waals surface area contributed by atoms with Gasteiger partial charge in [-0.05, 0) is 31.1 Å². The highest BCUT2D eigenvalue weighted by atomic mass is 16.6. The van der Waals surface area contributed by atoms with Gasteiger partial charge in [-0.15, -0.1) is 0 Å². The lowest BCUT2D eigenvalue weighted by molar-refractivity contribution is -0.384. The summed E-state index contributed by atoms with van der Waals surface area (Å²) in [4.78, 5) is 10.9. The molecule has 0 saturated heterocycles. The van der Waals surface area contributed by atoms with Gasteiger partial charge < -0.3 is 10.4 Å². The van der Waals surface area contributed by atoms with Gasteiger partial charge in [-0.3, -0.25) is 10.1 Å². The van der Waals surface area contributed by atoms with Crippen molar-refractivity contribution in [1.29, 1.82) is 0 Å². The molecule has 0 aliphatic heterocycles. The Labute approximate surface area is 118 Å². The molecule has 0 radical (unpaired) electrons. The number of hydrogen-bond donors (Lipinski definition) is 2. The van der Waals surface area contributed by atoms with E-state index in [-0.39, 0.29) is 22.6 Å². The van der Waals surface area contributed by atoms with Crippen molar-refractivity contribution in [3.63, 3.8) is 0 Å². The summed E-state index contributed by atoms with van der Waals surface area (Å²) in [6, 6.07) is 0. The number of aliphatic hydroxyl groups excluding tert-OH is 1. The van der Waals surface area contributed by atoms with Crippen molar-refractivity contribution in [2.75, 3.05) is 18.5 Å². The maximum atomic E-state index is 11.3. The Morgan fingerprint density at radius 2 is 2.25 bits per heavy atom. The molecule has 1 fully saturated rings. The lowest BCUT2D eigenvalue weighted by Gasteiger charge is -2.15. The van der Waals surface area contributed by atoms with Gasteiger partial charge in [-0.2, -0.15) is 5.10 Å². The number of aromatic nitrogens is 2. The first kappa shape index (κ1) is 14.8. The highest BCUT2D eigenvalue weighted by molar-refractivity contribution is 5.60. The van der Waals surface area contributed by atoms with Crippen LogP contribution < -0.4 is 5.32 Å².